The molecule has 2 aromatic carbocycles. The zero-order chi connectivity index (χ0) is 18.1. The fraction of sp³-hybridized carbons (Fsp3) is 0.158. The van der Waals surface area contributed by atoms with Crippen molar-refractivity contribution in [2.45, 2.75) is 20.3 Å². The van der Waals surface area contributed by atoms with Crippen LogP contribution >= 0.6 is 11.6 Å². The highest BCUT2D eigenvalue weighted by molar-refractivity contribution is 6.33. The lowest BCUT2D eigenvalue weighted by molar-refractivity contribution is 0.374. The molecular weight excluding hydrogens is 352 g/mol. The molecule has 130 valence electrons. The van der Waals surface area contributed by atoms with Crippen molar-refractivity contribution in [3.63, 3.8) is 0 Å². The Bertz CT molecular complexity index is 1070. The van der Waals surface area contributed by atoms with Crippen LogP contribution in [0.2, 0.25) is 5.02 Å². The second-order valence-electron chi connectivity index (χ2n) is 5.97. The van der Waals surface area contributed by atoms with E-state index in [0.29, 0.717) is 34.1 Å². The van der Waals surface area contributed by atoms with Gasteiger partial charge in [-0.05, 0) is 49.2 Å². The van der Waals surface area contributed by atoms with Crippen LogP contribution in [-0.2, 0) is 6.42 Å². The maximum atomic E-state index is 6.16. The summed E-state index contributed by atoms with van der Waals surface area (Å²) in [5, 5.41) is 12.7. The van der Waals surface area contributed by atoms with E-state index in [1.165, 1.54) is 11.1 Å². The molecule has 4 aromatic rings. The molecule has 6 nitrogen and oxygen atoms in total. The van der Waals surface area contributed by atoms with E-state index in [1.807, 2.05) is 43.3 Å². The summed E-state index contributed by atoms with van der Waals surface area (Å²) in [5.41, 5.74) is 3.98. The van der Waals surface area contributed by atoms with Crippen molar-refractivity contribution >= 4 is 11.6 Å². The predicted octanol–water partition coefficient (Wildman–Crippen LogP) is 4.65. The molecule has 7 heteroatoms. The SMILES string of the molecule is Cc1ccc(-c2nnc(Cc3nc(-c4ccccc4Cl)no3)o2)cc1C. The van der Waals surface area contributed by atoms with E-state index in [9.17, 15) is 0 Å². The van der Waals surface area contributed by atoms with Gasteiger partial charge >= 0.3 is 0 Å². The number of nitrogens with zero attached hydrogens (tertiary/aromatic N) is 4. The quantitative estimate of drug-likeness (QED) is 0.523. The molecule has 0 atom stereocenters. The van der Waals surface area contributed by atoms with E-state index in [1.54, 1.807) is 6.07 Å². The molecule has 0 bridgehead atoms. The second kappa shape index (κ2) is 6.72. The van der Waals surface area contributed by atoms with E-state index in [0.717, 1.165) is 5.56 Å². The van der Waals surface area contributed by atoms with E-state index in [-0.39, 0.29) is 6.42 Å². The molecule has 0 amide bonds. The first-order valence-corrected chi connectivity index (χ1v) is 8.45. The van der Waals surface area contributed by atoms with Crippen molar-refractivity contribution in [3.05, 3.63) is 70.4 Å². The van der Waals surface area contributed by atoms with Crippen LogP contribution in [0.4, 0.5) is 0 Å². The predicted molar refractivity (Wildman–Crippen MR) is 96.8 cm³/mol. The third kappa shape index (κ3) is 3.23. The molecule has 26 heavy (non-hydrogen) atoms. The van der Waals surface area contributed by atoms with Gasteiger partial charge in [0.25, 0.3) is 0 Å². The normalized spacial score (nSPS) is 11.0. The van der Waals surface area contributed by atoms with Crippen LogP contribution in [0.5, 0.6) is 0 Å². The van der Waals surface area contributed by atoms with Crippen LogP contribution in [0.1, 0.15) is 22.9 Å². The van der Waals surface area contributed by atoms with Crippen molar-refractivity contribution in [1.82, 2.24) is 20.3 Å². The summed E-state index contributed by atoms with van der Waals surface area (Å²) in [4.78, 5) is 4.35. The highest BCUT2D eigenvalue weighted by atomic mass is 35.5. The van der Waals surface area contributed by atoms with Gasteiger partial charge in [-0.3, -0.25) is 0 Å². The maximum Gasteiger partial charge on any atom is 0.247 e. The monoisotopic (exact) mass is 366 g/mol. The molecular formula is C19H15ClN4O2. The third-order valence-corrected chi connectivity index (χ3v) is 4.44. The van der Waals surface area contributed by atoms with Gasteiger partial charge in [-0.15, -0.1) is 10.2 Å². The fourth-order valence-electron chi connectivity index (χ4n) is 2.52. The topological polar surface area (TPSA) is 77.8 Å². The Morgan fingerprint density at radius 1 is 0.962 bits per heavy atom. The Morgan fingerprint density at radius 3 is 2.62 bits per heavy atom. The molecule has 2 heterocycles. The fourth-order valence-corrected chi connectivity index (χ4v) is 2.74. The van der Waals surface area contributed by atoms with Crippen LogP contribution in [-0.4, -0.2) is 20.3 Å². The zero-order valence-corrected chi connectivity index (χ0v) is 15.0. The Hall–Kier alpha value is -2.99. The van der Waals surface area contributed by atoms with Gasteiger partial charge in [0.05, 0.1) is 5.02 Å². The van der Waals surface area contributed by atoms with Crippen LogP contribution in [0.15, 0.2) is 51.4 Å². The van der Waals surface area contributed by atoms with Gasteiger partial charge in [-0.1, -0.05) is 35.0 Å². The average molecular weight is 367 g/mol. The minimum atomic E-state index is 0.259. The van der Waals surface area contributed by atoms with E-state index in [4.69, 9.17) is 20.5 Å². The van der Waals surface area contributed by atoms with Gasteiger partial charge < -0.3 is 8.94 Å². The molecule has 4 rings (SSSR count). The summed E-state index contributed by atoms with van der Waals surface area (Å²) in [5.74, 6) is 1.69. The minimum Gasteiger partial charge on any atom is -0.420 e. The smallest absolute Gasteiger partial charge is 0.247 e. The lowest BCUT2D eigenvalue weighted by Gasteiger charge is -2.00. The molecule has 0 aliphatic heterocycles. The van der Waals surface area contributed by atoms with Crippen molar-refractivity contribution in [1.29, 1.82) is 0 Å². The molecule has 0 N–H and O–H groups in total. The number of benzene rings is 2. The number of hydrogen-bond acceptors (Lipinski definition) is 6. The highest BCUT2D eigenvalue weighted by Crippen LogP contribution is 2.26. The summed E-state index contributed by atoms with van der Waals surface area (Å²) < 4.78 is 11.0. The number of aryl methyl sites for hydroxylation is 2. The highest BCUT2D eigenvalue weighted by Gasteiger charge is 2.15. The lowest BCUT2D eigenvalue weighted by atomic mass is 10.1. The largest absolute Gasteiger partial charge is 0.420 e. The maximum absolute atomic E-state index is 6.16. The molecule has 0 fully saturated rings. The Balaban J connectivity index is 1.55. The van der Waals surface area contributed by atoms with Crippen LogP contribution in [0.3, 0.4) is 0 Å². The minimum absolute atomic E-state index is 0.259. The molecule has 2 aromatic heterocycles. The summed E-state index contributed by atoms with van der Waals surface area (Å²) in [6.45, 7) is 4.11. The van der Waals surface area contributed by atoms with E-state index >= 15 is 0 Å². The van der Waals surface area contributed by atoms with Gasteiger partial charge in [0.2, 0.25) is 23.5 Å². The molecule has 0 radical (unpaired) electrons. The van der Waals surface area contributed by atoms with Gasteiger partial charge in [0.1, 0.15) is 6.42 Å². The number of hydrogen-bond donors (Lipinski definition) is 0. The van der Waals surface area contributed by atoms with E-state index in [2.05, 4.69) is 27.3 Å². The van der Waals surface area contributed by atoms with Crippen LogP contribution < -0.4 is 0 Å². The Labute approximate surface area is 154 Å². The van der Waals surface area contributed by atoms with Crippen molar-refractivity contribution in [3.8, 4) is 22.8 Å². The first kappa shape index (κ1) is 16.5. The molecule has 0 aliphatic carbocycles. The number of rotatable bonds is 4. The number of aromatic nitrogens is 4. The summed E-state index contributed by atoms with van der Waals surface area (Å²) in [7, 11) is 0. The van der Waals surface area contributed by atoms with Gasteiger partial charge in [-0.2, -0.15) is 4.98 Å². The van der Waals surface area contributed by atoms with Crippen molar-refractivity contribution in [2.75, 3.05) is 0 Å². The van der Waals surface area contributed by atoms with Gasteiger partial charge in [-0.25, -0.2) is 0 Å². The van der Waals surface area contributed by atoms with Crippen molar-refractivity contribution < 1.29 is 8.94 Å². The first-order chi connectivity index (χ1) is 12.6. The Morgan fingerprint density at radius 2 is 1.81 bits per heavy atom. The summed E-state index contributed by atoms with van der Waals surface area (Å²) in [6.07, 6.45) is 0.259. The van der Waals surface area contributed by atoms with Crippen LogP contribution in [0, 0.1) is 13.8 Å². The molecule has 0 saturated carbocycles. The third-order valence-electron chi connectivity index (χ3n) is 4.11. The second-order valence-corrected chi connectivity index (χ2v) is 6.38. The first-order valence-electron chi connectivity index (χ1n) is 8.07. The van der Waals surface area contributed by atoms with Crippen LogP contribution in [0.25, 0.3) is 22.8 Å². The van der Waals surface area contributed by atoms with E-state index < -0.39 is 0 Å². The summed E-state index contributed by atoms with van der Waals surface area (Å²) in [6, 6.07) is 13.3. The van der Waals surface area contributed by atoms with Gasteiger partial charge in [0.15, 0.2) is 0 Å². The molecule has 0 spiro atoms. The average Bonchev–Trinajstić information content (AvgIpc) is 3.28. The molecule has 0 unspecified atom stereocenters. The molecule has 0 saturated heterocycles. The zero-order valence-electron chi connectivity index (χ0n) is 14.2. The standard InChI is InChI=1S/C19H15ClN4O2/c1-11-7-8-13(9-12(11)2)19-23-22-17(25-19)10-16-21-18(24-26-16)14-5-3-4-6-15(14)20/h3-9H,10H2,1-2H3. The number of halogens is 1. The lowest BCUT2D eigenvalue weighted by Crippen LogP contribution is -1.89. The van der Waals surface area contributed by atoms with Gasteiger partial charge in [0, 0.05) is 11.1 Å². The summed E-state index contributed by atoms with van der Waals surface area (Å²) >= 11 is 6.16. The molecule has 0 aliphatic rings. The Kier molecular flexibility index (Phi) is 4.26. The van der Waals surface area contributed by atoms with Crippen molar-refractivity contribution in [2.24, 2.45) is 0 Å².